The Bertz CT molecular complexity index is 121. The Morgan fingerprint density at radius 2 is 2.38 bits per heavy atom. The van der Waals surface area contributed by atoms with Gasteiger partial charge in [0.25, 0.3) is 0 Å². The van der Waals surface area contributed by atoms with Crippen molar-refractivity contribution in [1.82, 2.24) is 0 Å². The van der Waals surface area contributed by atoms with Crippen LogP contribution in [-0.2, 0) is 0 Å². The molecular formula is C4H7BrN2O. The normalized spacial score (nSPS) is 11.5. The summed E-state index contributed by atoms with van der Waals surface area (Å²) in [5.74, 6) is 0. The minimum Gasteiger partial charge on any atom is -0.400 e. The van der Waals surface area contributed by atoms with E-state index in [-0.39, 0.29) is 16.9 Å². The highest BCUT2D eigenvalue weighted by atomic mass is 79.9. The van der Waals surface area contributed by atoms with Gasteiger partial charge in [-0.05, 0) is 22.0 Å². The minimum absolute atomic E-state index is 0.170. The number of allylic oxidation sites excluding steroid dienone is 1. The quantitative estimate of drug-likeness (QED) is 0.529. The molecule has 0 saturated carbocycles. The fourth-order valence-electron chi connectivity index (χ4n) is 0.208. The van der Waals surface area contributed by atoms with E-state index in [0.717, 1.165) is 0 Å². The van der Waals surface area contributed by atoms with Gasteiger partial charge in [0.2, 0.25) is 0 Å². The van der Waals surface area contributed by atoms with Crippen LogP contribution in [0.1, 0.15) is 0 Å². The SMILES string of the molecule is N=C(Br)/C=C(\N)CO. The van der Waals surface area contributed by atoms with Crippen molar-refractivity contribution < 1.29 is 5.11 Å². The van der Waals surface area contributed by atoms with Crippen molar-refractivity contribution in [3.8, 4) is 0 Å². The summed E-state index contributed by atoms with van der Waals surface area (Å²) >= 11 is 2.83. The maximum atomic E-state index is 8.27. The maximum Gasteiger partial charge on any atom is 0.0984 e. The molecule has 0 atom stereocenters. The third-order valence-electron chi connectivity index (χ3n) is 0.495. The van der Waals surface area contributed by atoms with Crippen LogP contribution >= 0.6 is 15.9 Å². The fourth-order valence-corrected chi connectivity index (χ4v) is 0.502. The summed E-state index contributed by atoms with van der Waals surface area (Å²) < 4.78 is 0.170. The van der Waals surface area contributed by atoms with Crippen LogP contribution < -0.4 is 5.73 Å². The molecule has 0 aliphatic rings. The highest BCUT2D eigenvalue weighted by molar-refractivity contribution is 9.18. The molecule has 0 amide bonds. The third-order valence-corrected chi connectivity index (χ3v) is 0.724. The molecule has 8 heavy (non-hydrogen) atoms. The molecule has 0 unspecified atom stereocenters. The van der Waals surface area contributed by atoms with E-state index in [2.05, 4.69) is 15.9 Å². The van der Waals surface area contributed by atoms with Gasteiger partial charge in [0.1, 0.15) is 0 Å². The number of nitrogens with one attached hydrogen (secondary N) is 1. The van der Waals surface area contributed by atoms with Crippen molar-refractivity contribution in [2.75, 3.05) is 6.61 Å². The number of halogens is 1. The molecule has 46 valence electrons. The molecule has 0 fully saturated rings. The van der Waals surface area contributed by atoms with Crippen molar-refractivity contribution in [1.29, 1.82) is 5.41 Å². The smallest absolute Gasteiger partial charge is 0.0984 e. The van der Waals surface area contributed by atoms with Gasteiger partial charge in [0.05, 0.1) is 11.2 Å². The topological polar surface area (TPSA) is 70.1 Å². The van der Waals surface area contributed by atoms with Crippen LogP contribution in [0.25, 0.3) is 0 Å². The predicted octanol–water partition coefficient (Wildman–Crippen LogP) is 0.193. The first-order valence-corrected chi connectivity index (χ1v) is 2.77. The van der Waals surface area contributed by atoms with Gasteiger partial charge in [-0.25, -0.2) is 0 Å². The molecule has 0 radical (unpaired) electrons. The molecule has 0 heterocycles. The van der Waals surface area contributed by atoms with E-state index in [9.17, 15) is 0 Å². The van der Waals surface area contributed by atoms with Crippen LogP contribution in [0.4, 0.5) is 0 Å². The van der Waals surface area contributed by atoms with E-state index in [1.54, 1.807) is 0 Å². The predicted molar refractivity (Wildman–Crippen MR) is 36.0 cm³/mol. The van der Waals surface area contributed by atoms with E-state index < -0.39 is 0 Å². The number of rotatable bonds is 2. The molecule has 0 aliphatic heterocycles. The first kappa shape index (κ1) is 7.65. The first-order valence-electron chi connectivity index (χ1n) is 1.97. The Morgan fingerprint density at radius 1 is 1.88 bits per heavy atom. The van der Waals surface area contributed by atoms with Crippen LogP contribution in [0.2, 0.25) is 0 Å². The molecule has 0 saturated heterocycles. The second-order valence-corrected chi connectivity index (χ2v) is 2.08. The summed E-state index contributed by atoms with van der Waals surface area (Å²) in [6, 6.07) is 0. The largest absolute Gasteiger partial charge is 0.400 e. The molecule has 0 aromatic rings. The lowest BCUT2D eigenvalue weighted by atomic mass is 10.4. The van der Waals surface area contributed by atoms with Gasteiger partial charge >= 0.3 is 0 Å². The van der Waals surface area contributed by atoms with Crippen LogP contribution in [-0.4, -0.2) is 16.3 Å². The minimum atomic E-state index is -0.200. The molecule has 0 rings (SSSR count). The second-order valence-electron chi connectivity index (χ2n) is 1.23. The lowest BCUT2D eigenvalue weighted by Crippen LogP contribution is -2.02. The van der Waals surface area contributed by atoms with Crippen molar-refractivity contribution >= 4 is 20.6 Å². The monoisotopic (exact) mass is 178 g/mol. The lowest BCUT2D eigenvalue weighted by Gasteiger charge is -1.89. The van der Waals surface area contributed by atoms with Crippen LogP contribution in [0.3, 0.4) is 0 Å². The number of aliphatic hydroxyl groups excluding tert-OH is 1. The van der Waals surface area contributed by atoms with Gasteiger partial charge in [-0.3, -0.25) is 5.41 Å². The molecule has 3 nitrogen and oxygen atoms in total. The second kappa shape index (κ2) is 3.63. The molecule has 4 heteroatoms. The highest BCUT2D eigenvalue weighted by Crippen LogP contribution is 1.89. The van der Waals surface area contributed by atoms with Crippen molar-refractivity contribution in [3.63, 3.8) is 0 Å². The Labute approximate surface area is 55.8 Å². The standard InChI is InChI=1S/C4H7BrN2O/c5-4(7)1-3(6)2-8/h1,7-8H,2,6H2/b3-1-,7-4?. The molecule has 0 aromatic carbocycles. The number of nitrogens with two attached hydrogens (primary N) is 1. The summed E-state index contributed by atoms with van der Waals surface area (Å²) in [5.41, 5.74) is 5.40. The summed E-state index contributed by atoms with van der Waals surface area (Å²) in [6.45, 7) is -0.200. The number of hydrogen-bond donors (Lipinski definition) is 3. The summed E-state index contributed by atoms with van der Waals surface area (Å²) in [6.07, 6.45) is 1.33. The maximum absolute atomic E-state index is 8.27. The van der Waals surface area contributed by atoms with Gasteiger partial charge in [0.15, 0.2) is 0 Å². The van der Waals surface area contributed by atoms with Crippen molar-refractivity contribution in [3.05, 3.63) is 11.8 Å². The van der Waals surface area contributed by atoms with Crippen LogP contribution in [0, 0.1) is 5.41 Å². The summed E-state index contributed by atoms with van der Waals surface area (Å²) in [5, 5.41) is 15.1. The molecule has 0 bridgehead atoms. The Hall–Kier alpha value is -0.350. The zero-order valence-corrected chi connectivity index (χ0v) is 5.77. The van der Waals surface area contributed by atoms with Crippen molar-refractivity contribution in [2.45, 2.75) is 0 Å². The Morgan fingerprint density at radius 3 is 2.50 bits per heavy atom. The average Bonchev–Trinajstić information content (AvgIpc) is 1.65. The van der Waals surface area contributed by atoms with Crippen molar-refractivity contribution in [2.24, 2.45) is 5.73 Å². The Balaban J connectivity index is 3.75. The van der Waals surface area contributed by atoms with Gasteiger partial charge in [-0.1, -0.05) is 0 Å². The highest BCUT2D eigenvalue weighted by Gasteiger charge is 1.85. The summed E-state index contributed by atoms with van der Waals surface area (Å²) in [4.78, 5) is 0. The lowest BCUT2D eigenvalue weighted by molar-refractivity contribution is 0.330. The van der Waals surface area contributed by atoms with E-state index in [0.29, 0.717) is 0 Å². The first-order chi connectivity index (χ1) is 3.66. The number of hydrogen-bond acceptors (Lipinski definition) is 3. The number of aliphatic hydroxyl groups is 1. The average molecular weight is 179 g/mol. The van der Waals surface area contributed by atoms with Gasteiger partial charge in [-0.2, -0.15) is 0 Å². The van der Waals surface area contributed by atoms with Gasteiger partial charge < -0.3 is 10.8 Å². The Kier molecular flexibility index (Phi) is 3.47. The summed E-state index contributed by atoms with van der Waals surface area (Å²) in [7, 11) is 0. The van der Waals surface area contributed by atoms with E-state index >= 15 is 0 Å². The molecule has 0 spiro atoms. The third kappa shape index (κ3) is 3.83. The van der Waals surface area contributed by atoms with Crippen LogP contribution in [0.5, 0.6) is 0 Å². The van der Waals surface area contributed by atoms with E-state index in [1.165, 1.54) is 6.08 Å². The molecule has 0 aromatic heterocycles. The molecular weight excluding hydrogens is 172 g/mol. The van der Waals surface area contributed by atoms with Gasteiger partial charge in [0, 0.05) is 5.70 Å². The van der Waals surface area contributed by atoms with E-state index in [4.69, 9.17) is 16.2 Å². The molecule has 0 aliphatic carbocycles. The van der Waals surface area contributed by atoms with Gasteiger partial charge in [-0.15, -0.1) is 0 Å². The fraction of sp³-hybridized carbons (Fsp3) is 0.250. The van der Waals surface area contributed by atoms with E-state index in [1.807, 2.05) is 0 Å². The van der Waals surface area contributed by atoms with Crippen LogP contribution in [0.15, 0.2) is 11.8 Å². The molecule has 4 N–H and O–H groups in total. The zero-order valence-electron chi connectivity index (χ0n) is 4.19. The zero-order chi connectivity index (χ0) is 6.57.